The standard InChI is InChI=1S/C21H22ClFN6O/c1-24-16-11-13(28(2)3)5-7-17(16)29-18-8-9-25-21(30)19(18)20(27-29)26-12-4-6-14(22)15(23)10-12/h4,6,8-10,13,16-17H,5,7,11H2,2-3H3,(H,25,30)(H,26,27)/t13-,16+,17+/m1/s1. The number of nitrogens with zero attached hydrogens (tertiary/aromatic N) is 4. The zero-order valence-electron chi connectivity index (χ0n) is 16.7. The van der Waals surface area contributed by atoms with Crippen molar-refractivity contribution in [2.45, 2.75) is 37.4 Å². The zero-order chi connectivity index (χ0) is 21.4. The Kier molecular flexibility index (Phi) is 5.50. The number of halogens is 2. The average Bonchev–Trinajstić information content (AvgIpc) is 3.09. The smallest absolute Gasteiger partial charge is 0.261 e. The van der Waals surface area contributed by atoms with Crippen LogP contribution in [-0.4, -0.2) is 45.8 Å². The number of anilines is 2. The van der Waals surface area contributed by atoms with E-state index in [0.29, 0.717) is 28.5 Å². The maximum Gasteiger partial charge on any atom is 0.261 e. The third kappa shape index (κ3) is 3.66. The molecule has 9 heteroatoms. The quantitative estimate of drug-likeness (QED) is 0.611. The number of fused-ring (bicyclic) bond motifs is 1. The zero-order valence-corrected chi connectivity index (χ0v) is 17.4. The summed E-state index contributed by atoms with van der Waals surface area (Å²) >= 11 is 5.77. The Morgan fingerprint density at radius 3 is 2.87 bits per heavy atom. The van der Waals surface area contributed by atoms with Gasteiger partial charge in [-0.1, -0.05) is 11.6 Å². The van der Waals surface area contributed by atoms with Crippen molar-refractivity contribution in [1.29, 1.82) is 0 Å². The van der Waals surface area contributed by atoms with Crippen LogP contribution in [0.3, 0.4) is 0 Å². The van der Waals surface area contributed by atoms with Crippen molar-refractivity contribution in [2.75, 3.05) is 19.4 Å². The van der Waals surface area contributed by atoms with Crippen LogP contribution in [0.1, 0.15) is 25.3 Å². The molecule has 2 N–H and O–H groups in total. The second-order valence-corrected chi connectivity index (χ2v) is 8.22. The van der Waals surface area contributed by atoms with Crippen LogP contribution in [0.5, 0.6) is 0 Å². The largest absolute Gasteiger partial charge is 0.338 e. The Morgan fingerprint density at radius 2 is 2.17 bits per heavy atom. The van der Waals surface area contributed by atoms with Crippen molar-refractivity contribution in [3.63, 3.8) is 0 Å². The van der Waals surface area contributed by atoms with E-state index in [1.807, 2.05) is 14.1 Å². The lowest BCUT2D eigenvalue weighted by atomic mass is 9.86. The summed E-state index contributed by atoms with van der Waals surface area (Å²) in [6, 6.07) is 6.08. The summed E-state index contributed by atoms with van der Waals surface area (Å²) < 4.78 is 15.7. The van der Waals surface area contributed by atoms with Gasteiger partial charge in [0, 0.05) is 24.3 Å². The van der Waals surface area contributed by atoms with E-state index in [0.717, 1.165) is 19.3 Å². The molecule has 0 aliphatic heterocycles. The predicted molar refractivity (Wildman–Crippen MR) is 116 cm³/mol. The van der Waals surface area contributed by atoms with Crippen LogP contribution in [0.2, 0.25) is 5.02 Å². The fourth-order valence-electron chi connectivity index (χ4n) is 4.15. The number of hydrogen-bond donors (Lipinski definition) is 2. The third-order valence-corrected chi connectivity index (χ3v) is 6.08. The lowest BCUT2D eigenvalue weighted by Crippen LogP contribution is -2.39. The molecule has 1 fully saturated rings. The van der Waals surface area contributed by atoms with Gasteiger partial charge in [0.2, 0.25) is 6.04 Å². The van der Waals surface area contributed by atoms with Gasteiger partial charge < -0.3 is 20.0 Å². The fourth-order valence-corrected chi connectivity index (χ4v) is 4.27. The van der Waals surface area contributed by atoms with Gasteiger partial charge in [-0.15, -0.1) is 0 Å². The first-order chi connectivity index (χ1) is 14.4. The molecule has 0 unspecified atom stereocenters. The monoisotopic (exact) mass is 428 g/mol. The Labute approximate surface area is 178 Å². The molecule has 1 aromatic carbocycles. The number of aromatic nitrogens is 3. The molecular weight excluding hydrogens is 407 g/mol. The normalized spacial score (nSPS) is 21.7. The van der Waals surface area contributed by atoms with Crippen LogP contribution in [-0.2, 0) is 0 Å². The van der Waals surface area contributed by atoms with Gasteiger partial charge in [0.15, 0.2) is 5.82 Å². The Hall–Kier alpha value is -2.89. The van der Waals surface area contributed by atoms with Gasteiger partial charge in [-0.25, -0.2) is 11.0 Å². The minimum absolute atomic E-state index is 0.0198. The molecule has 0 radical (unpaired) electrons. The topological polar surface area (TPSA) is 70.3 Å². The molecule has 1 saturated carbocycles. The van der Waals surface area contributed by atoms with Crippen LogP contribution in [0.4, 0.5) is 15.9 Å². The highest BCUT2D eigenvalue weighted by atomic mass is 35.5. The van der Waals surface area contributed by atoms with Gasteiger partial charge in [0.05, 0.1) is 10.5 Å². The summed E-state index contributed by atoms with van der Waals surface area (Å²) in [5.74, 6) is -0.235. The van der Waals surface area contributed by atoms with Crippen molar-refractivity contribution >= 4 is 34.0 Å². The van der Waals surface area contributed by atoms with Crippen molar-refractivity contribution < 1.29 is 4.39 Å². The van der Waals surface area contributed by atoms with Gasteiger partial charge in [-0.3, -0.25) is 9.48 Å². The number of nitrogens with one attached hydrogen (secondary N) is 2. The minimum Gasteiger partial charge on any atom is -0.338 e. The Balaban J connectivity index is 1.76. The molecule has 0 saturated heterocycles. The van der Waals surface area contributed by atoms with E-state index < -0.39 is 5.82 Å². The minimum atomic E-state index is -0.561. The van der Waals surface area contributed by atoms with Gasteiger partial charge in [0.1, 0.15) is 17.2 Å². The molecule has 0 bridgehead atoms. The summed E-state index contributed by atoms with van der Waals surface area (Å²) in [6.07, 6.45) is 4.05. The van der Waals surface area contributed by atoms with Crippen molar-refractivity contribution in [2.24, 2.45) is 0 Å². The van der Waals surface area contributed by atoms with E-state index >= 15 is 0 Å². The lowest BCUT2D eigenvalue weighted by molar-refractivity contribution is 0.184. The summed E-state index contributed by atoms with van der Waals surface area (Å²) in [5.41, 5.74) is 0.791. The van der Waals surface area contributed by atoms with Gasteiger partial charge >= 0.3 is 0 Å². The number of aromatic amines is 1. The van der Waals surface area contributed by atoms with Crippen molar-refractivity contribution in [1.82, 2.24) is 19.7 Å². The molecule has 0 spiro atoms. The molecule has 1 aliphatic rings. The van der Waals surface area contributed by atoms with Crippen LogP contribution in [0, 0.1) is 12.4 Å². The molecule has 2 aromatic heterocycles. The maximum atomic E-state index is 13.9. The van der Waals surface area contributed by atoms with Crippen molar-refractivity contribution in [3.8, 4) is 0 Å². The van der Waals surface area contributed by atoms with Gasteiger partial charge in [-0.05, 0) is 51.2 Å². The molecule has 4 rings (SSSR count). The lowest BCUT2D eigenvalue weighted by Gasteiger charge is -2.33. The SMILES string of the molecule is [C-]#[N+][C@H]1C[C@H](N(C)C)CC[C@@H]1n1nc(Nc2ccc(Cl)c(F)c2)c2c(=O)[nH]ccc21. The van der Waals surface area contributed by atoms with E-state index in [1.54, 1.807) is 23.0 Å². The van der Waals surface area contributed by atoms with Crippen molar-refractivity contribution in [3.05, 3.63) is 63.1 Å². The summed E-state index contributed by atoms with van der Waals surface area (Å²) in [4.78, 5) is 21.3. The average molecular weight is 429 g/mol. The second kappa shape index (κ2) is 8.09. The molecule has 2 heterocycles. The van der Waals surface area contributed by atoms with E-state index in [1.165, 1.54) is 12.1 Å². The van der Waals surface area contributed by atoms with Crippen LogP contribution in [0.25, 0.3) is 15.7 Å². The first kappa shape index (κ1) is 20.4. The molecule has 1 aliphatic carbocycles. The highest BCUT2D eigenvalue weighted by molar-refractivity contribution is 6.30. The number of benzene rings is 1. The van der Waals surface area contributed by atoms with E-state index in [4.69, 9.17) is 18.2 Å². The fraction of sp³-hybridized carbons (Fsp3) is 0.381. The first-order valence-electron chi connectivity index (χ1n) is 9.74. The highest BCUT2D eigenvalue weighted by Gasteiger charge is 2.38. The summed E-state index contributed by atoms with van der Waals surface area (Å²) in [7, 11) is 4.06. The van der Waals surface area contributed by atoms with Crippen LogP contribution in [0.15, 0.2) is 35.3 Å². The predicted octanol–water partition coefficient (Wildman–Crippen LogP) is 4.20. The van der Waals surface area contributed by atoms with E-state index in [-0.39, 0.29) is 22.7 Å². The van der Waals surface area contributed by atoms with E-state index in [9.17, 15) is 9.18 Å². The maximum absolute atomic E-state index is 13.9. The van der Waals surface area contributed by atoms with Gasteiger partial charge in [-0.2, -0.15) is 5.10 Å². The molecule has 156 valence electrons. The van der Waals surface area contributed by atoms with Crippen LogP contribution < -0.4 is 10.9 Å². The van der Waals surface area contributed by atoms with Gasteiger partial charge in [0.25, 0.3) is 5.56 Å². The first-order valence-corrected chi connectivity index (χ1v) is 10.1. The molecule has 7 nitrogen and oxygen atoms in total. The molecule has 3 aromatic rings. The highest BCUT2D eigenvalue weighted by Crippen LogP contribution is 2.36. The Morgan fingerprint density at radius 1 is 1.37 bits per heavy atom. The molecule has 0 amide bonds. The second-order valence-electron chi connectivity index (χ2n) is 7.81. The molecular formula is C21H22ClFN6O. The molecule has 3 atom stereocenters. The van der Waals surface area contributed by atoms with Crippen LogP contribution >= 0.6 is 11.6 Å². The van der Waals surface area contributed by atoms with E-state index in [2.05, 4.69) is 25.1 Å². The number of hydrogen-bond acceptors (Lipinski definition) is 4. The summed E-state index contributed by atoms with van der Waals surface area (Å²) in [6.45, 7) is 7.72. The summed E-state index contributed by atoms with van der Waals surface area (Å²) in [5, 5.41) is 8.10. The number of pyridine rings is 1. The Bertz CT molecular complexity index is 1180. The number of H-pyrrole nitrogens is 1. The number of rotatable bonds is 4. The third-order valence-electron chi connectivity index (χ3n) is 5.78. The molecule has 30 heavy (non-hydrogen) atoms.